The van der Waals surface area contributed by atoms with E-state index in [9.17, 15) is 4.79 Å². The normalized spacial score (nSPS) is 11.7. The third-order valence-electron chi connectivity index (χ3n) is 2.56. The highest BCUT2D eigenvalue weighted by Gasteiger charge is 2.31. The Bertz CT molecular complexity index is 427. The Labute approximate surface area is 118 Å². The van der Waals surface area contributed by atoms with Gasteiger partial charge in [-0.05, 0) is 48.9 Å². The van der Waals surface area contributed by atoms with Crippen LogP contribution in [0.1, 0.15) is 43.6 Å². The van der Waals surface area contributed by atoms with E-state index in [1.807, 2.05) is 45.9 Å². The molecule has 0 atom stereocenters. The minimum Gasteiger partial charge on any atom is -0.268 e. The number of carbonyl (C=O) groups is 1. The van der Waals surface area contributed by atoms with Crippen LogP contribution in [0.5, 0.6) is 0 Å². The average Bonchev–Trinajstić information content (AvgIpc) is 2.26. The first-order chi connectivity index (χ1) is 8.27. The zero-order chi connectivity index (χ0) is 13.9. The molecule has 0 fully saturated rings. The molecule has 100 valence electrons. The lowest BCUT2D eigenvalue weighted by Gasteiger charge is -2.36. The SMILES string of the molecule is CCc1cccc(C(=O)N(N(Cl)Cl)C(C)(C)C)c1. The summed E-state index contributed by atoms with van der Waals surface area (Å²) in [6, 6.07) is 7.47. The van der Waals surface area contributed by atoms with Gasteiger partial charge in [-0.25, -0.2) is 5.01 Å². The molecule has 0 heterocycles. The molecule has 18 heavy (non-hydrogen) atoms. The second kappa shape index (κ2) is 5.91. The van der Waals surface area contributed by atoms with Crippen LogP contribution in [0, 0.1) is 0 Å². The van der Waals surface area contributed by atoms with E-state index < -0.39 is 5.54 Å². The van der Waals surface area contributed by atoms with E-state index in [1.54, 1.807) is 6.07 Å². The van der Waals surface area contributed by atoms with Crippen LogP contribution >= 0.6 is 23.6 Å². The van der Waals surface area contributed by atoms with Crippen molar-refractivity contribution in [3.63, 3.8) is 0 Å². The number of aryl methyl sites for hydroxylation is 1. The van der Waals surface area contributed by atoms with Gasteiger partial charge in [-0.1, -0.05) is 19.1 Å². The molecule has 1 amide bonds. The molecule has 0 aliphatic carbocycles. The lowest BCUT2D eigenvalue weighted by molar-refractivity contribution is 0.0244. The third kappa shape index (κ3) is 3.61. The maximum atomic E-state index is 12.4. The molecule has 1 aromatic rings. The average molecular weight is 289 g/mol. The summed E-state index contributed by atoms with van der Waals surface area (Å²) in [6.45, 7) is 7.64. The Morgan fingerprint density at radius 3 is 2.33 bits per heavy atom. The molecule has 0 aliphatic rings. The van der Waals surface area contributed by atoms with Crippen molar-refractivity contribution in [1.82, 2.24) is 9.06 Å². The molecule has 0 spiro atoms. The molecule has 0 unspecified atom stereocenters. The van der Waals surface area contributed by atoms with Gasteiger partial charge in [-0.2, -0.15) is 0 Å². The second-order valence-electron chi connectivity index (χ2n) is 5.06. The maximum Gasteiger partial charge on any atom is 0.270 e. The molecule has 0 aliphatic heterocycles. The van der Waals surface area contributed by atoms with Crippen LogP contribution in [-0.4, -0.2) is 20.5 Å². The molecule has 0 saturated heterocycles. The van der Waals surface area contributed by atoms with Gasteiger partial charge in [0.05, 0.1) is 5.54 Å². The fraction of sp³-hybridized carbons (Fsp3) is 0.462. The van der Waals surface area contributed by atoms with Gasteiger partial charge in [-0.15, -0.1) is 0 Å². The smallest absolute Gasteiger partial charge is 0.268 e. The Morgan fingerprint density at radius 2 is 1.89 bits per heavy atom. The van der Waals surface area contributed by atoms with Crippen molar-refractivity contribution >= 4 is 29.5 Å². The van der Waals surface area contributed by atoms with E-state index in [-0.39, 0.29) is 5.91 Å². The van der Waals surface area contributed by atoms with E-state index >= 15 is 0 Å². The van der Waals surface area contributed by atoms with Crippen LogP contribution in [0.15, 0.2) is 24.3 Å². The quantitative estimate of drug-likeness (QED) is 0.620. The highest BCUT2D eigenvalue weighted by molar-refractivity contribution is 6.34. The number of hydrogen-bond acceptors (Lipinski definition) is 2. The van der Waals surface area contributed by atoms with Crippen molar-refractivity contribution < 1.29 is 4.79 Å². The summed E-state index contributed by atoms with van der Waals surface area (Å²) in [5, 5.41) is 1.31. The van der Waals surface area contributed by atoms with Crippen LogP contribution in [0.3, 0.4) is 0 Å². The first-order valence-corrected chi connectivity index (χ1v) is 6.50. The monoisotopic (exact) mass is 288 g/mol. The lowest BCUT2D eigenvalue weighted by atomic mass is 10.0. The first kappa shape index (κ1) is 15.3. The molecule has 0 aromatic heterocycles. The van der Waals surface area contributed by atoms with E-state index in [0.29, 0.717) is 5.56 Å². The molecule has 5 heteroatoms. The highest BCUT2D eigenvalue weighted by atomic mass is 35.5. The van der Waals surface area contributed by atoms with Crippen LogP contribution in [-0.2, 0) is 6.42 Å². The fourth-order valence-corrected chi connectivity index (χ4v) is 2.24. The molecule has 0 bridgehead atoms. The van der Waals surface area contributed by atoms with Crippen molar-refractivity contribution in [3.05, 3.63) is 35.4 Å². The van der Waals surface area contributed by atoms with Gasteiger partial charge in [0.25, 0.3) is 5.91 Å². The number of amides is 1. The highest BCUT2D eigenvalue weighted by Crippen LogP contribution is 2.23. The van der Waals surface area contributed by atoms with Gasteiger partial charge in [0, 0.05) is 29.1 Å². The van der Waals surface area contributed by atoms with Crippen molar-refractivity contribution in [2.45, 2.75) is 39.7 Å². The van der Waals surface area contributed by atoms with Gasteiger partial charge in [-0.3, -0.25) is 4.79 Å². The van der Waals surface area contributed by atoms with Crippen molar-refractivity contribution in [2.75, 3.05) is 0 Å². The van der Waals surface area contributed by atoms with Crippen molar-refractivity contribution in [1.29, 1.82) is 0 Å². The maximum absolute atomic E-state index is 12.4. The number of rotatable bonds is 3. The predicted octanol–water partition coefficient (Wildman–Crippen LogP) is 4.01. The molecule has 0 N–H and O–H groups in total. The second-order valence-corrected chi connectivity index (χ2v) is 5.87. The van der Waals surface area contributed by atoms with E-state index in [0.717, 1.165) is 16.0 Å². The Hall–Kier alpha value is -0.770. The Kier molecular flexibility index (Phi) is 5.02. The summed E-state index contributed by atoms with van der Waals surface area (Å²) in [7, 11) is 0. The fourth-order valence-electron chi connectivity index (χ4n) is 1.65. The minimum atomic E-state index is -0.497. The number of hydrogen-bond donors (Lipinski definition) is 0. The topological polar surface area (TPSA) is 23.6 Å². The summed E-state index contributed by atoms with van der Waals surface area (Å²) in [6.07, 6.45) is 0.877. The van der Waals surface area contributed by atoms with E-state index in [4.69, 9.17) is 23.6 Å². The Balaban J connectivity index is 3.10. The van der Waals surface area contributed by atoms with Crippen molar-refractivity contribution in [2.24, 2.45) is 0 Å². The minimum absolute atomic E-state index is 0.220. The number of nitrogens with zero attached hydrogens (tertiary/aromatic N) is 2. The van der Waals surface area contributed by atoms with E-state index in [2.05, 4.69) is 0 Å². The molecule has 0 radical (unpaired) electrons. The number of benzene rings is 1. The summed E-state index contributed by atoms with van der Waals surface area (Å²) >= 11 is 11.5. The summed E-state index contributed by atoms with van der Waals surface area (Å²) < 4.78 is 0.793. The zero-order valence-electron chi connectivity index (χ0n) is 11.1. The van der Waals surface area contributed by atoms with Crippen LogP contribution in [0.25, 0.3) is 0 Å². The van der Waals surface area contributed by atoms with Crippen LogP contribution < -0.4 is 0 Å². The van der Waals surface area contributed by atoms with E-state index in [1.165, 1.54) is 5.01 Å². The van der Waals surface area contributed by atoms with Gasteiger partial charge in [0.15, 0.2) is 0 Å². The van der Waals surface area contributed by atoms with Gasteiger partial charge < -0.3 is 0 Å². The molecule has 1 aromatic carbocycles. The largest absolute Gasteiger partial charge is 0.270 e. The predicted molar refractivity (Wildman–Crippen MR) is 75.3 cm³/mol. The number of hydrazine groups is 1. The molecular formula is C13H18Cl2N2O. The Morgan fingerprint density at radius 1 is 1.28 bits per heavy atom. The van der Waals surface area contributed by atoms with Gasteiger partial charge in [0.2, 0.25) is 0 Å². The first-order valence-electron chi connectivity index (χ1n) is 5.82. The van der Waals surface area contributed by atoms with Crippen LogP contribution in [0.4, 0.5) is 0 Å². The summed E-state index contributed by atoms with van der Waals surface area (Å²) in [5.74, 6) is -0.220. The molecule has 3 nitrogen and oxygen atoms in total. The third-order valence-corrected chi connectivity index (χ3v) is 2.86. The lowest BCUT2D eigenvalue weighted by Crippen LogP contribution is -2.49. The van der Waals surface area contributed by atoms with Crippen molar-refractivity contribution in [3.8, 4) is 0 Å². The zero-order valence-corrected chi connectivity index (χ0v) is 12.6. The summed E-state index contributed by atoms with van der Waals surface area (Å²) in [5.41, 5.74) is 1.18. The summed E-state index contributed by atoms with van der Waals surface area (Å²) in [4.78, 5) is 12.4. The number of halogens is 2. The van der Waals surface area contributed by atoms with Gasteiger partial charge in [0.1, 0.15) is 0 Å². The molecular weight excluding hydrogens is 271 g/mol. The van der Waals surface area contributed by atoms with Gasteiger partial charge >= 0.3 is 0 Å². The molecule has 1 rings (SSSR count). The standard InChI is InChI=1S/C13H18Cl2N2O/c1-5-10-7-6-8-11(9-10)12(18)16(17(14)15)13(2,3)4/h6-9H,5H2,1-4H3. The van der Waals surface area contributed by atoms with Crippen LogP contribution in [0.2, 0.25) is 0 Å². The number of carbonyl (C=O) groups excluding carboxylic acids is 1. The molecule has 0 saturated carbocycles.